The molecule has 92 valence electrons. The molecule has 0 aromatic carbocycles. The normalized spacial score (nSPS) is 16.5. The lowest BCUT2D eigenvalue weighted by Gasteiger charge is -2.11. The van der Waals surface area contributed by atoms with Crippen LogP contribution in [0.15, 0.2) is 6.20 Å². The van der Waals surface area contributed by atoms with Gasteiger partial charge in [0, 0.05) is 12.2 Å². The number of hydrogen-bond acceptors (Lipinski definition) is 4. The Morgan fingerprint density at radius 2 is 2.24 bits per heavy atom. The maximum atomic E-state index is 11.8. The molecule has 1 aliphatic rings. The molecule has 5 N–H and O–H groups in total. The topological polar surface area (TPSA) is 116 Å². The number of amides is 2. The van der Waals surface area contributed by atoms with E-state index in [0.29, 0.717) is 0 Å². The minimum atomic E-state index is -0.698. The molecule has 1 unspecified atom stereocenters. The molecule has 7 heteroatoms. The van der Waals surface area contributed by atoms with Crippen LogP contribution in [-0.2, 0) is 4.79 Å². The van der Waals surface area contributed by atoms with Crippen LogP contribution in [0.25, 0.3) is 0 Å². The average Bonchev–Trinajstić information content (AvgIpc) is 2.97. The third-order valence-corrected chi connectivity index (χ3v) is 2.69. The Labute approximate surface area is 98.1 Å². The van der Waals surface area contributed by atoms with Gasteiger partial charge in [0.05, 0.1) is 5.69 Å². The van der Waals surface area contributed by atoms with Gasteiger partial charge in [-0.3, -0.25) is 14.3 Å². The van der Waals surface area contributed by atoms with Gasteiger partial charge in [0.15, 0.2) is 5.69 Å². The fourth-order valence-corrected chi connectivity index (χ4v) is 1.47. The number of nitrogen functional groups attached to an aromatic ring is 1. The van der Waals surface area contributed by atoms with Crippen LogP contribution < -0.4 is 16.8 Å². The minimum Gasteiger partial charge on any atom is -0.396 e. The summed E-state index contributed by atoms with van der Waals surface area (Å²) in [6.45, 7) is 1.69. The van der Waals surface area contributed by atoms with Gasteiger partial charge in [-0.25, -0.2) is 0 Å². The summed E-state index contributed by atoms with van der Waals surface area (Å²) in [4.78, 5) is 22.7. The van der Waals surface area contributed by atoms with Crippen molar-refractivity contribution >= 4 is 17.5 Å². The number of rotatable bonds is 4. The first-order valence-electron chi connectivity index (χ1n) is 5.44. The van der Waals surface area contributed by atoms with E-state index in [0.717, 1.165) is 12.8 Å². The van der Waals surface area contributed by atoms with Crippen LogP contribution in [0.5, 0.6) is 0 Å². The molecule has 1 saturated carbocycles. The smallest absolute Gasteiger partial charge is 0.271 e. The van der Waals surface area contributed by atoms with Crippen molar-refractivity contribution in [1.29, 1.82) is 0 Å². The maximum Gasteiger partial charge on any atom is 0.271 e. The SMILES string of the molecule is CC(C(=O)NC1CC1)n1cc(N)c(C(N)=O)n1. The average molecular weight is 237 g/mol. The van der Waals surface area contributed by atoms with Gasteiger partial charge >= 0.3 is 0 Å². The lowest BCUT2D eigenvalue weighted by molar-refractivity contribution is -0.124. The van der Waals surface area contributed by atoms with Gasteiger partial charge in [-0.15, -0.1) is 0 Å². The predicted molar refractivity (Wildman–Crippen MR) is 61.0 cm³/mol. The predicted octanol–water partition coefficient (Wildman–Crippen LogP) is -0.596. The largest absolute Gasteiger partial charge is 0.396 e. The number of nitrogens with zero attached hydrogens (tertiary/aromatic N) is 2. The molecule has 0 spiro atoms. The first-order valence-corrected chi connectivity index (χ1v) is 5.44. The van der Waals surface area contributed by atoms with Crippen molar-refractivity contribution in [3.63, 3.8) is 0 Å². The lowest BCUT2D eigenvalue weighted by Crippen LogP contribution is -2.32. The van der Waals surface area contributed by atoms with Crippen molar-refractivity contribution < 1.29 is 9.59 Å². The highest BCUT2D eigenvalue weighted by Crippen LogP contribution is 2.20. The van der Waals surface area contributed by atoms with Crippen LogP contribution in [0, 0.1) is 0 Å². The second-order valence-electron chi connectivity index (χ2n) is 4.24. The summed E-state index contributed by atoms with van der Waals surface area (Å²) in [7, 11) is 0. The number of primary amides is 1. The summed E-state index contributed by atoms with van der Waals surface area (Å²) in [5.41, 5.74) is 10.9. The Morgan fingerprint density at radius 1 is 1.59 bits per heavy atom. The van der Waals surface area contributed by atoms with Gasteiger partial charge in [-0.2, -0.15) is 5.10 Å². The van der Waals surface area contributed by atoms with E-state index in [2.05, 4.69) is 10.4 Å². The first kappa shape index (κ1) is 11.4. The van der Waals surface area contributed by atoms with E-state index < -0.39 is 11.9 Å². The van der Waals surface area contributed by atoms with Crippen molar-refractivity contribution in [3.8, 4) is 0 Å². The van der Waals surface area contributed by atoms with Crippen LogP contribution in [0.1, 0.15) is 36.3 Å². The molecule has 0 aliphatic heterocycles. The van der Waals surface area contributed by atoms with Gasteiger partial charge in [-0.1, -0.05) is 0 Å². The standard InChI is InChI=1S/C10H15N5O2/c1-5(10(17)13-6-2-3-6)15-4-7(11)8(14-15)9(12)16/h4-6H,2-3,11H2,1H3,(H2,12,16)(H,13,17). The van der Waals surface area contributed by atoms with E-state index in [1.54, 1.807) is 6.92 Å². The lowest BCUT2D eigenvalue weighted by atomic mass is 10.3. The fourth-order valence-electron chi connectivity index (χ4n) is 1.47. The highest BCUT2D eigenvalue weighted by molar-refractivity contribution is 5.95. The molecular weight excluding hydrogens is 222 g/mol. The van der Waals surface area contributed by atoms with Crippen molar-refractivity contribution in [1.82, 2.24) is 15.1 Å². The molecule has 1 heterocycles. The van der Waals surface area contributed by atoms with Crippen LogP contribution in [0.3, 0.4) is 0 Å². The fraction of sp³-hybridized carbons (Fsp3) is 0.500. The first-order chi connectivity index (χ1) is 7.99. The molecule has 0 saturated heterocycles. The minimum absolute atomic E-state index is 0.00364. The monoisotopic (exact) mass is 237 g/mol. The number of nitrogens with two attached hydrogens (primary N) is 2. The summed E-state index contributed by atoms with van der Waals surface area (Å²) >= 11 is 0. The summed E-state index contributed by atoms with van der Waals surface area (Å²) in [5, 5.41) is 6.77. The van der Waals surface area contributed by atoms with E-state index in [9.17, 15) is 9.59 Å². The van der Waals surface area contributed by atoms with Crippen LogP contribution in [0.4, 0.5) is 5.69 Å². The van der Waals surface area contributed by atoms with Crippen LogP contribution >= 0.6 is 0 Å². The van der Waals surface area contributed by atoms with Gasteiger partial charge in [-0.05, 0) is 19.8 Å². The molecule has 0 radical (unpaired) electrons. The van der Waals surface area contributed by atoms with E-state index in [1.807, 2.05) is 0 Å². The molecule has 2 rings (SSSR count). The van der Waals surface area contributed by atoms with E-state index in [-0.39, 0.29) is 23.3 Å². The third kappa shape index (κ3) is 2.38. The number of carbonyl (C=O) groups is 2. The zero-order valence-electron chi connectivity index (χ0n) is 9.51. The van der Waals surface area contributed by atoms with Crippen molar-refractivity contribution in [3.05, 3.63) is 11.9 Å². The van der Waals surface area contributed by atoms with E-state index in [1.165, 1.54) is 10.9 Å². The molecule has 2 amide bonds. The number of hydrogen-bond donors (Lipinski definition) is 3. The molecule has 17 heavy (non-hydrogen) atoms. The van der Waals surface area contributed by atoms with Gasteiger partial charge in [0.2, 0.25) is 5.91 Å². The second kappa shape index (κ2) is 4.08. The summed E-state index contributed by atoms with van der Waals surface area (Å²) in [6.07, 6.45) is 3.48. The molecule has 1 fully saturated rings. The Hall–Kier alpha value is -2.05. The van der Waals surface area contributed by atoms with Crippen LogP contribution in [-0.4, -0.2) is 27.6 Å². The number of aromatic nitrogens is 2. The van der Waals surface area contributed by atoms with E-state index >= 15 is 0 Å². The van der Waals surface area contributed by atoms with Crippen molar-refractivity contribution in [2.24, 2.45) is 5.73 Å². The van der Waals surface area contributed by atoms with Crippen molar-refractivity contribution in [2.75, 3.05) is 5.73 Å². The zero-order valence-corrected chi connectivity index (χ0v) is 9.51. The molecule has 7 nitrogen and oxygen atoms in total. The van der Waals surface area contributed by atoms with Gasteiger partial charge in [0.1, 0.15) is 6.04 Å². The van der Waals surface area contributed by atoms with Gasteiger partial charge < -0.3 is 16.8 Å². The maximum absolute atomic E-state index is 11.8. The number of anilines is 1. The zero-order chi connectivity index (χ0) is 12.6. The highest BCUT2D eigenvalue weighted by atomic mass is 16.2. The molecule has 1 aromatic heterocycles. The van der Waals surface area contributed by atoms with Gasteiger partial charge in [0.25, 0.3) is 5.91 Å². The molecule has 0 bridgehead atoms. The third-order valence-electron chi connectivity index (χ3n) is 2.69. The Bertz CT molecular complexity index is 463. The Morgan fingerprint density at radius 3 is 2.71 bits per heavy atom. The summed E-state index contributed by atoms with van der Waals surface area (Å²) in [6, 6.07) is -0.223. The number of carbonyl (C=O) groups excluding carboxylic acids is 2. The Kier molecular flexibility index (Phi) is 2.74. The molecule has 1 aromatic rings. The summed E-state index contributed by atoms with van der Waals surface area (Å²) in [5.74, 6) is -0.831. The summed E-state index contributed by atoms with van der Waals surface area (Å²) < 4.78 is 1.35. The second-order valence-corrected chi connectivity index (χ2v) is 4.24. The molecule has 1 atom stereocenters. The quantitative estimate of drug-likeness (QED) is 0.648. The van der Waals surface area contributed by atoms with Crippen molar-refractivity contribution in [2.45, 2.75) is 31.8 Å². The Balaban J connectivity index is 2.12. The van der Waals surface area contributed by atoms with E-state index in [4.69, 9.17) is 11.5 Å². The highest BCUT2D eigenvalue weighted by Gasteiger charge is 2.27. The molecule has 1 aliphatic carbocycles. The molecular formula is C10H15N5O2. The number of nitrogens with one attached hydrogen (secondary N) is 1. The van der Waals surface area contributed by atoms with Crippen LogP contribution in [0.2, 0.25) is 0 Å².